The Hall–Kier alpha value is -2.80. The van der Waals surface area contributed by atoms with E-state index in [1.54, 1.807) is 36.4 Å². The van der Waals surface area contributed by atoms with Crippen molar-refractivity contribution in [2.24, 2.45) is 0 Å². The third kappa shape index (κ3) is 2.43. The SMILES string of the molecule is COC(=O)c1ccc2c(ccn2S(=O)(=O)c2ccc(C)cc2)c1N. The normalized spacial score (nSPS) is 11.6. The fourth-order valence-corrected chi connectivity index (χ4v) is 3.88. The molecule has 0 amide bonds. The standard InChI is InChI=1S/C17H16N2O4S/c1-11-3-5-12(6-4-11)24(21,22)19-10-9-13-15(19)8-7-14(16(13)18)17(20)23-2/h3-10H,18H2,1-2H3. The summed E-state index contributed by atoms with van der Waals surface area (Å²) < 4.78 is 31.5. The van der Waals surface area contributed by atoms with E-state index < -0.39 is 16.0 Å². The van der Waals surface area contributed by atoms with Crippen molar-refractivity contribution in [1.82, 2.24) is 3.97 Å². The highest BCUT2D eigenvalue weighted by molar-refractivity contribution is 7.90. The van der Waals surface area contributed by atoms with Crippen LogP contribution in [0.15, 0.2) is 53.6 Å². The van der Waals surface area contributed by atoms with Crippen molar-refractivity contribution in [1.29, 1.82) is 0 Å². The van der Waals surface area contributed by atoms with Gasteiger partial charge in [-0.15, -0.1) is 0 Å². The quantitative estimate of drug-likeness (QED) is 0.582. The molecule has 3 aromatic rings. The summed E-state index contributed by atoms with van der Waals surface area (Å²) in [5.41, 5.74) is 7.77. The van der Waals surface area contributed by atoms with E-state index in [1.807, 2.05) is 6.92 Å². The molecule has 0 aliphatic heterocycles. The molecule has 0 fully saturated rings. The first kappa shape index (κ1) is 16.1. The largest absolute Gasteiger partial charge is 0.465 e. The van der Waals surface area contributed by atoms with Gasteiger partial charge >= 0.3 is 5.97 Å². The van der Waals surface area contributed by atoms with Gasteiger partial charge in [0.2, 0.25) is 0 Å². The summed E-state index contributed by atoms with van der Waals surface area (Å²) in [7, 11) is -2.49. The number of methoxy groups -OCH3 is 1. The van der Waals surface area contributed by atoms with Gasteiger partial charge in [-0.2, -0.15) is 0 Å². The number of hydrogen-bond acceptors (Lipinski definition) is 5. The van der Waals surface area contributed by atoms with Crippen LogP contribution in [0.25, 0.3) is 10.9 Å². The van der Waals surface area contributed by atoms with Gasteiger partial charge < -0.3 is 10.5 Å². The molecular weight excluding hydrogens is 328 g/mol. The van der Waals surface area contributed by atoms with Gasteiger partial charge in [-0.1, -0.05) is 17.7 Å². The van der Waals surface area contributed by atoms with Crippen molar-refractivity contribution in [2.75, 3.05) is 12.8 Å². The van der Waals surface area contributed by atoms with Gasteiger partial charge in [0, 0.05) is 11.6 Å². The number of carbonyl (C=O) groups is 1. The first-order valence-electron chi connectivity index (χ1n) is 7.16. The minimum absolute atomic E-state index is 0.182. The Kier molecular flexibility index (Phi) is 3.81. The molecule has 1 heterocycles. The molecule has 0 bridgehead atoms. The maximum Gasteiger partial charge on any atom is 0.339 e. The number of nitrogens with two attached hydrogens (primary N) is 1. The highest BCUT2D eigenvalue weighted by Crippen LogP contribution is 2.29. The van der Waals surface area contributed by atoms with Gasteiger partial charge in [-0.05, 0) is 37.3 Å². The van der Waals surface area contributed by atoms with E-state index in [2.05, 4.69) is 4.74 Å². The Balaban J connectivity index is 2.19. The first-order chi connectivity index (χ1) is 11.4. The number of nitrogen functional groups attached to an aromatic ring is 1. The van der Waals surface area contributed by atoms with Gasteiger partial charge in [0.05, 0.1) is 28.8 Å². The summed E-state index contributed by atoms with van der Waals surface area (Å²) in [6.07, 6.45) is 1.43. The van der Waals surface area contributed by atoms with Crippen LogP contribution in [0.3, 0.4) is 0 Å². The molecule has 0 spiro atoms. The fraction of sp³-hybridized carbons (Fsp3) is 0.118. The molecule has 0 radical (unpaired) electrons. The number of fused-ring (bicyclic) bond motifs is 1. The Labute approximate surface area is 139 Å². The van der Waals surface area contributed by atoms with Crippen LogP contribution in [-0.4, -0.2) is 25.5 Å². The van der Waals surface area contributed by atoms with Gasteiger partial charge in [0.1, 0.15) is 0 Å². The second-order valence-electron chi connectivity index (χ2n) is 5.38. The van der Waals surface area contributed by atoms with E-state index in [0.29, 0.717) is 10.9 Å². The molecule has 0 unspecified atom stereocenters. The van der Waals surface area contributed by atoms with Gasteiger partial charge in [-0.3, -0.25) is 0 Å². The predicted octanol–water partition coefficient (Wildman–Crippen LogP) is 2.56. The van der Waals surface area contributed by atoms with E-state index in [9.17, 15) is 13.2 Å². The molecule has 0 atom stereocenters. The van der Waals surface area contributed by atoms with Crippen LogP contribution in [0.2, 0.25) is 0 Å². The zero-order valence-electron chi connectivity index (χ0n) is 13.2. The third-order valence-corrected chi connectivity index (χ3v) is 5.57. The maximum atomic E-state index is 12.8. The Morgan fingerprint density at radius 1 is 1.08 bits per heavy atom. The smallest absolute Gasteiger partial charge is 0.339 e. The Morgan fingerprint density at radius 3 is 2.38 bits per heavy atom. The molecule has 0 saturated carbocycles. The number of nitrogens with zero attached hydrogens (tertiary/aromatic N) is 1. The molecule has 0 aliphatic carbocycles. The van der Waals surface area contributed by atoms with E-state index in [-0.39, 0.29) is 16.1 Å². The van der Waals surface area contributed by atoms with E-state index >= 15 is 0 Å². The molecule has 2 N–H and O–H groups in total. The predicted molar refractivity (Wildman–Crippen MR) is 91.5 cm³/mol. The summed E-state index contributed by atoms with van der Waals surface area (Å²) in [5, 5.41) is 0.480. The molecule has 3 rings (SSSR count). The second-order valence-corrected chi connectivity index (χ2v) is 7.20. The lowest BCUT2D eigenvalue weighted by Gasteiger charge is -2.09. The summed E-state index contributed by atoms with van der Waals surface area (Å²) in [5.74, 6) is -0.566. The van der Waals surface area contributed by atoms with Crippen molar-refractivity contribution in [3.8, 4) is 0 Å². The summed E-state index contributed by atoms with van der Waals surface area (Å²) in [6, 6.07) is 11.2. The van der Waals surface area contributed by atoms with Gasteiger partial charge in [0.25, 0.3) is 10.0 Å². The van der Waals surface area contributed by atoms with Crippen molar-refractivity contribution >= 4 is 32.6 Å². The van der Waals surface area contributed by atoms with Crippen LogP contribution in [0, 0.1) is 6.92 Å². The molecule has 0 aliphatic rings. The van der Waals surface area contributed by atoms with Crippen molar-refractivity contribution in [2.45, 2.75) is 11.8 Å². The minimum Gasteiger partial charge on any atom is -0.465 e. The maximum absolute atomic E-state index is 12.8. The lowest BCUT2D eigenvalue weighted by atomic mass is 10.1. The van der Waals surface area contributed by atoms with E-state index in [4.69, 9.17) is 5.73 Å². The van der Waals surface area contributed by atoms with Crippen LogP contribution in [0.5, 0.6) is 0 Å². The lowest BCUT2D eigenvalue weighted by molar-refractivity contribution is 0.0602. The molecule has 6 nitrogen and oxygen atoms in total. The van der Waals surface area contributed by atoms with Crippen LogP contribution in [0.1, 0.15) is 15.9 Å². The Bertz CT molecular complexity index is 1030. The van der Waals surface area contributed by atoms with E-state index in [0.717, 1.165) is 9.54 Å². The van der Waals surface area contributed by atoms with Gasteiger partial charge in [0.15, 0.2) is 0 Å². The fourth-order valence-electron chi connectivity index (χ4n) is 2.54. The summed E-state index contributed by atoms with van der Waals surface area (Å²) in [6.45, 7) is 1.89. The molecular formula is C17H16N2O4S. The number of carbonyl (C=O) groups excluding carboxylic acids is 1. The minimum atomic E-state index is -3.75. The molecule has 24 heavy (non-hydrogen) atoms. The number of esters is 1. The highest BCUT2D eigenvalue weighted by Gasteiger charge is 2.21. The van der Waals surface area contributed by atoms with Crippen LogP contribution in [-0.2, 0) is 14.8 Å². The van der Waals surface area contributed by atoms with Gasteiger partial charge in [-0.25, -0.2) is 17.2 Å². The van der Waals surface area contributed by atoms with Crippen LogP contribution in [0.4, 0.5) is 5.69 Å². The number of hydrogen-bond donors (Lipinski definition) is 1. The molecule has 124 valence electrons. The average Bonchev–Trinajstić information content (AvgIpc) is 3.00. The number of benzene rings is 2. The highest BCUT2D eigenvalue weighted by atomic mass is 32.2. The van der Waals surface area contributed by atoms with Crippen molar-refractivity contribution in [3.05, 3.63) is 59.8 Å². The number of ether oxygens (including phenoxy) is 1. The second kappa shape index (κ2) is 5.68. The first-order valence-corrected chi connectivity index (χ1v) is 8.60. The number of anilines is 1. The van der Waals surface area contributed by atoms with Crippen molar-refractivity contribution in [3.63, 3.8) is 0 Å². The zero-order chi connectivity index (χ0) is 17.5. The molecule has 2 aromatic carbocycles. The average molecular weight is 344 g/mol. The summed E-state index contributed by atoms with van der Waals surface area (Å²) >= 11 is 0. The molecule has 0 saturated heterocycles. The number of aromatic nitrogens is 1. The Morgan fingerprint density at radius 2 is 1.75 bits per heavy atom. The van der Waals surface area contributed by atoms with Crippen molar-refractivity contribution < 1.29 is 17.9 Å². The van der Waals surface area contributed by atoms with Crippen LogP contribution < -0.4 is 5.73 Å². The topological polar surface area (TPSA) is 91.4 Å². The third-order valence-electron chi connectivity index (χ3n) is 3.86. The van der Waals surface area contributed by atoms with Crippen LogP contribution >= 0.6 is 0 Å². The number of aryl methyl sites for hydroxylation is 1. The summed E-state index contributed by atoms with van der Waals surface area (Å²) in [4.78, 5) is 11.9. The lowest BCUT2D eigenvalue weighted by Crippen LogP contribution is -2.12. The number of rotatable bonds is 3. The van der Waals surface area contributed by atoms with E-state index in [1.165, 1.54) is 19.4 Å². The monoisotopic (exact) mass is 344 g/mol. The molecule has 7 heteroatoms. The zero-order valence-corrected chi connectivity index (χ0v) is 14.0. The molecule has 1 aromatic heterocycles.